The molecule has 0 atom stereocenters. The lowest BCUT2D eigenvalue weighted by atomic mass is 10.2. The molecule has 118 valence electrons. The van der Waals surface area contributed by atoms with Crippen LogP contribution >= 0.6 is 0 Å². The van der Waals surface area contributed by atoms with E-state index < -0.39 is 0 Å². The third kappa shape index (κ3) is 3.94. The third-order valence-electron chi connectivity index (χ3n) is 3.06. The summed E-state index contributed by atoms with van der Waals surface area (Å²) in [6.45, 7) is 1.78. The summed E-state index contributed by atoms with van der Waals surface area (Å²) in [4.78, 5) is 24.4. The monoisotopic (exact) mass is 306 g/mol. The molecule has 0 aliphatic rings. The van der Waals surface area contributed by atoms with Crippen LogP contribution in [0.1, 0.15) is 18.1 Å². The molecule has 2 rings (SSSR count). The van der Waals surface area contributed by atoms with Gasteiger partial charge in [-0.2, -0.15) is 0 Å². The molecule has 0 bridgehead atoms. The Balaban J connectivity index is 1.83. The van der Waals surface area contributed by atoms with Crippen molar-refractivity contribution in [3.8, 4) is 11.5 Å². The number of rotatable bonds is 6. The summed E-state index contributed by atoms with van der Waals surface area (Å²) in [5, 5.41) is 10.4. The summed E-state index contributed by atoms with van der Waals surface area (Å²) in [6.07, 6.45) is 2.03. The molecule has 0 radical (unpaired) electrons. The smallest absolute Gasteiger partial charge is 0.251 e. The first-order chi connectivity index (χ1) is 10.5. The molecule has 2 aromatic heterocycles. The van der Waals surface area contributed by atoms with Gasteiger partial charge in [-0.15, -0.1) is 10.2 Å². The van der Waals surface area contributed by atoms with Crippen LogP contribution in [0, 0.1) is 6.92 Å². The molecule has 22 heavy (non-hydrogen) atoms. The lowest BCUT2D eigenvalue weighted by Crippen LogP contribution is -2.36. The second-order valence-electron chi connectivity index (χ2n) is 4.96. The highest BCUT2D eigenvalue weighted by molar-refractivity contribution is 5.84. The molecule has 2 heterocycles. The Morgan fingerprint density at radius 3 is 2.73 bits per heavy atom. The maximum atomic E-state index is 11.6. The van der Waals surface area contributed by atoms with Crippen molar-refractivity contribution in [2.45, 2.75) is 19.8 Å². The van der Waals surface area contributed by atoms with Crippen molar-refractivity contribution in [3.63, 3.8) is 0 Å². The first-order valence-electron chi connectivity index (χ1n) is 6.81. The van der Waals surface area contributed by atoms with Crippen LogP contribution < -0.4 is 5.32 Å². The van der Waals surface area contributed by atoms with Gasteiger partial charge in [0.15, 0.2) is 0 Å². The average Bonchev–Trinajstić information content (AvgIpc) is 3.10. The second-order valence-corrected chi connectivity index (χ2v) is 4.96. The topological polar surface area (TPSA) is 101 Å². The van der Waals surface area contributed by atoms with Crippen LogP contribution in [0.4, 0.5) is 0 Å². The lowest BCUT2D eigenvalue weighted by molar-refractivity contribution is -0.130. The van der Waals surface area contributed by atoms with Crippen LogP contribution in [0.15, 0.2) is 21.2 Å². The van der Waals surface area contributed by atoms with Gasteiger partial charge in [0, 0.05) is 26.9 Å². The molecule has 8 nitrogen and oxygen atoms in total. The highest BCUT2D eigenvalue weighted by Gasteiger charge is 2.14. The normalized spacial score (nSPS) is 10.5. The summed E-state index contributed by atoms with van der Waals surface area (Å²) in [5.74, 6) is 1.02. The number of furan rings is 1. The highest BCUT2D eigenvalue weighted by Crippen LogP contribution is 2.22. The Morgan fingerprint density at radius 2 is 2.09 bits per heavy atom. The maximum absolute atomic E-state index is 11.6. The zero-order valence-corrected chi connectivity index (χ0v) is 12.8. The Hall–Kier alpha value is -2.64. The molecule has 0 aliphatic heterocycles. The fraction of sp³-hybridized carbons (Fsp3) is 0.429. The van der Waals surface area contributed by atoms with Crippen LogP contribution in [0.2, 0.25) is 0 Å². The molecular formula is C14H18N4O4. The molecule has 0 aliphatic carbocycles. The third-order valence-corrected chi connectivity index (χ3v) is 3.06. The van der Waals surface area contributed by atoms with E-state index in [0.29, 0.717) is 24.0 Å². The maximum Gasteiger partial charge on any atom is 0.251 e. The molecule has 1 N–H and O–H groups in total. The lowest BCUT2D eigenvalue weighted by Gasteiger charge is -2.10. The number of amides is 2. The van der Waals surface area contributed by atoms with Crippen molar-refractivity contribution >= 4 is 11.8 Å². The van der Waals surface area contributed by atoms with E-state index in [4.69, 9.17) is 8.83 Å². The van der Waals surface area contributed by atoms with Crippen LogP contribution in [0.3, 0.4) is 0 Å². The number of carbonyl (C=O) groups excluding carboxylic acids is 2. The molecule has 0 saturated carbocycles. The van der Waals surface area contributed by atoms with Gasteiger partial charge in [0.25, 0.3) is 5.89 Å². The van der Waals surface area contributed by atoms with Crippen LogP contribution in [-0.4, -0.2) is 47.6 Å². The Bertz CT molecular complexity index is 659. The van der Waals surface area contributed by atoms with Gasteiger partial charge < -0.3 is 19.1 Å². The van der Waals surface area contributed by atoms with Gasteiger partial charge in [0.1, 0.15) is 5.76 Å². The summed E-state index contributed by atoms with van der Waals surface area (Å²) < 4.78 is 10.7. The van der Waals surface area contributed by atoms with Gasteiger partial charge in [-0.3, -0.25) is 9.59 Å². The van der Waals surface area contributed by atoms with E-state index in [-0.39, 0.29) is 24.8 Å². The van der Waals surface area contributed by atoms with Gasteiger partial charge >= 0.3 is 0 Å². The van der Waals surface area contributed by atoms with Gasteiger partial charge in [-0.1, -0.05) is 0 Å². The van der Waals surface area contributed by atoms with Gasteiger partial charge in [-0.25, -0.2) is 0 Å². The van der Waals surface area contributed by atoms with Gasteiger partial charge in [0.05, 0.1) is 18.4 Å². The standard InChI is InChI=1S/C14H18N4O4/c1-9-10(6-7-21-9)14-17-16-12(22-14)5-4-11(19)15-8-13(20)18(2)3/h6-7H,4-5,8H2,1-3H3,(H,15,19). The fourth-order valence-electron chi connectivity index (χ4n) is 1.71. The first-order valence-corrected chi connectivity index (χ1v) is 6.81. The van der Waals surface area contributed by atoms with Crippen molar-refractivity contribution in [2.75, 3.05) is 20.6 Å². The van der Waals surface area contributed by atoms with Crippen LogP contribution in [0.25, 0.3) is 11.5 Å². The second kappa shape index (κ2) is 6.88. The number of carbonyl (C=O) groups is 2. The zero-order chi connectivity index (χ0) is 16.1. The van der Waals surface area contributed by atoms with E-state index in [0.717, 1.165) is 5.56 Å². The minimum absolute atomic E-state index is 0.0187. The predicted molar refractivity (Wildman–Crippen MR) is 76.8 cm³/mol. The summed E-state index contributed by atoms with van der Waals surface area (Å²) in [5.41, 5.74) is 0.736. The summed E-state index contributed by atoms with van der Waals surface area (Å²) in [7, 11) is 3.26. The Labute approximate surface area is 127 Å². The largest absolute Gasteiger partial charge is 0.469 e. The van der Waals surface area contributed by atoms with E-state index >= 15 is 0 Å². The van der Waals surface area contributed by atoms with Crippen LogP contribution in [-0.2, 0) is 16.0 Å². The number of aryl methyl sites for hydroxylation is 2. The molecule has 0 spiro atoms. The number of hydrogen-bond acceptors (Lipinski definition) is 6. The van der Waals surface area contributed by atoms with Gasteiger partial charge in [-0.05, 0) is 13.0 Å². The Kier molecular flexibility index (Phi) is 4.92. The molecule has 2 amide bonds. The predicted octanol–water partition coefficient (Wildman–Crippen LogP) is 0.775. The number of hydrogen-bond donors (Lipinski definition) is 1. The molecule has 8 heteroatoms. The van der Waals surface area contributed by atoms with Crippen molar-refractivity contribution in [3.05, 3.63) is 24.0 Å². The quantitative estimate of drug-likeness (QED) is 0.846. The number of nitrogens with zero attached hydrogens (tertiary/aromatic N) is 3. The summed E-state index contributed by atoms with van der Waals surface area (Å²) in [6, 6.07) is 1.74. The number of aromatic nitrogens is 2. The zero-order valence-electron chi connectivity index (χ0n) is 12.8. The molecule has 0 unspecified atom stereocenters. The van der Waals surface area contributed by atoms with E-state index in [1.165, 1.54) is 4.90 Å². The fourth-order valence-corrected chi connectivity index (χ4v) is 1.71. The molecule has 0 aromatic carbocycles. The SMILES string of the molecule is Cc1occc1-c1nnc(CCC(=O)NCC(=O)N(C)C)o1. The average molecular weight is 306 g/mol. The number of likely N-dealkylation sites (N-methyl/N-ethyl adjacent to an activating group) is 1. The molecule has 0 saturated heterocycles. The van der Waals surface area contributed by atoms with Crippen molar-refractivity contribution in [1.82, 2.24) is 20.4 Å². The first kappa shape index (κ1) is 15.7. The Morgan fingerprint density at radius 1 is 1.32 bits per heavy atom. The van der Waals surface area contributed by atoms with Crippen LogP contribution in [0.5, 0.6) is 0 Å². The van der Waals surface area contributed by atoms with E-state index in [1.54, 1.807) is 33.3 Å². The van der Waals surface area contributed by atoms with E-state index in [1.807, 2.05) is 0 Å². The van der Waals surface area contributed by atoms with E-state index in [2.05, 4.69) is 15.5 Å². The highest BCUT2D eigenvalue weighted by atomic mass is 16.4. The molecule has 0 fully saturated rings. The minimum atomic E-state index is -0.241. The van der Waals surface area contributed by atoms with Crippen molar-refractivity contribution in [2.24, 2.45) is 0 Å². The summed E-state index contributed by atoms with van der Waals surface area (Å²) >= 11 is 0. The van der Waals surface area contributed by atoms with E-state index in [9.17, 15) is 9.59 Å². The minimum Gasteiger partial charge on any atom is -0.469 e. The molecule has 2 aromatic rings. The van der Waals surface area contributed by atoms with Crippen molar-refractivity contribution in [1.29, 1.82) is 0 Å². The van der Waals surface area contributed by atoms with Gasteiger partial charge in [0.2, 0.25) is 17.7 Å². The number of nitrogens with one attached hydrogen (secondary N) is 1. The molecular weight excluding hydrogens is 288 g/mol. The van der Waals surface area contributed by atoms with Crippen molar-refractivity contribution < 1.29 is 18.4 Å².